The van der Waals surface area contributed by atoms with Crippen LogP contribution in [0.3, 0.4) is 0 Å². The molecule has 0 heterocycles. The maximum Gasteiger partial charge on any atom is 0.0406 e. The average Bonchev–Trinajstić information content (AvgIpc) is 2.38. The number of halogens is 1. The normalized spacial score (nSPS) is 12.9. The quantitative estimate of drug-likeness (QED) is 0.723. The summed E-state index contributed by atoms with van der Waals surface area (Å²) in [6.07, 6.45) is 2.39. The van der Waals surface area contributed by atoms with Crippen LogP contribution in [0.15, 0.2) is 24.3 Å². The molecule has 0 fully saturated rings. The topological polar surface area (TPSA) is 15.3 Å². The zero-order chi connectivity index (χ0) is 13.4. The van der Waals surface area contributed by atoms with Gasteiger partial charge in [0.25, 0.3) is 0 Å². The Morgan fingerprint density at radius 3 is 2.50 bits per heavy atom. The van der Waals surface area contributed by atoms with E-state index in [-0.39, 0.29) is 0 Å². The van der Waals surface area contributed by atoms with Crippen LogP contribution in [-0.2, 0) is 0 Å². The van der Waals surface area contributed by atoms with Gasteiger partial charge < -0.3 is 5.32 Å². The lowest BCUT2D eigenvalue weighted by Gasteiger charge is -2.25. The van der Waals surface area contributed by atoms with Crippen molar-refractivity contribution in [3.8, 4) is 0 Å². The second-order valence-electron chi connectivity index (χ2n) is 4.81. The molecule has 0 aliphatic rings. The summed E-state index contributed by atoms with van der Waals surface area (Å²) in [7, 11) is 2.18. The monoisotopic (exact) mass is 268 g/mol. The summed E-state index contributed by atoms with van der Waals surface area (Å²) in [6, 6.07) is 8.58. The predicted octanol–water partition coefficient (Wildman–Crippen LogP) is 3.72. The van der Waals surface area contributed by atoms with E-state index in [4.69, 9.17) is 11.6 Å². The van der Waals surface area contributed by atoms with E-state index in [1.54, 1.807) is 0 Å². The molecular weight excluding hydrogens is 244 g/mol. The first-order valence-electron chi connectivity index (χ1n) is 6.81. The molecule has 1 aromatic rings. The Morgan fingerprint density at radius 2 is 1.89 bits per heavy atom. The van der Waals surface area contributed by atoms with Gasteiger partial charge in [-0.3, -0.25) is 4.90 Å². The molecule has 1 atom stereocenters. The van der Waals surface area contributed by atoms with Crippen LogP contribution in [0.1, 0.15) is 38.3 Å². The van der Waals surface area contributed by atoms with Crippen molar-refractivity contribution < 1.29 is 0 Å². The lowest BCUT2D eigenvalue weighted by atomic mass is 10.1. The van der Waals surface area contributed by atoms with Crippen molar-refractivity contribution in [3.63, 3.8) is 0 Å². The first-order chi connectivity index (χ1) is 8.65. The van der Waals surface area contributed by atoms with Crippen molar-refractivity contribution >= 4 is 11.6 Å². The van der Waals surface area contributed by atoms with E-state index in [1.807, 2.05) is 12.1 Å². The van der Waals surface area contributed by atoms with E-state index in [1.165, 1.54) is 18.4 Å². The van der Waals surface area contributed by atoms with E-state index in [2.05, 4.69) is 43.2 Å². The van der Waals surface area contributed by atoms with Crippen LogP contribution in [-0.4, -0.2) is 31.6 Å². The van der Waals surface area contributed by atoms with Gasteiger partial charge in [0.1, 0.15) is 0 Å². The van der Waals surface area contributed by atoms with E-state index >= 15 is 0 Å². The Morgan fingerprint density at radius 1 is 1.22 bits per heavy atom. The number of hydrogen-bond acceptors (Lipinski definition) is 2. The fourth-order valence-corrected chi connectivity index (χ4v) is 2.07. The number of benzene rings is 1. The van der Waals surface area contributed by atoms with E-state index in [0.717, 1.165) is 24.7 Å². The van der Waals surface area contributed by atoms with Gasteiger partial charge in [0.15, 0.2) is 0 Å². The van der Waals surface area contributed by atoms with E-state index in [0.29, 0.717) is 6.04 Å². The van der Waals surface area contributed by atoms with Crippen LogP contribution in [0.4, 0.5) is 0 Å². The molecule has 1 N–H and O–H groups in total. The Kier molecular flexibility index (Phi) is 7.33. The summed E-state index contributed by atoms with van der Waals surface area (Å²) in [5.41, 5.74) is 1.32. The molecule has 18 heavy (non-hydrogen) atoms. The van der Waals surface area contributed by atoms with Gasteiger partial charge in [0, 0.05) is 11.1 Å². The predicted molar refractivity (Wildman–Crippen MR) is 80.3 cm³/mol. The molecule has 0 amide bonds. The van der Waals surface area contributed by atoms with Gasteiger partial charge in [-0.1, -0.05) is 30.7 Å². The molecule has 0 aliphatic heterocycles. The zero-order valence-corrected chi connectivity index (χ0v) is 12.5. The van der Waals surface area contributed by atoms with Gasteiger partial charge in [-0.15, -0.1) is 0 Å². The highest BCUT2D eigenvalue weighted by Crippen LogP contribution is 2.20. The van der Waals surface area contributed by atoms with Crippen molar-refractivity contribution in [2.45, 2.75) is 32.7 Å². The molecule has 1 rings (SSSR count). The highest BCUT2D eigenvalue weighted by Gasteiger charge is 2.10. The second kappa shape index (κ2) is 8.52. The maximum absolute atomic E-state index is 5.91. The van der Waals surface area contributed by atoms with Gasteiger partial charge in [-0.05, 0) is 64.1 Å². The molecular formula is C15H25ClN2. The summed E-state index contributed by atoms with van der Waals surface area (Å²) < 4.78 is 0. The molecule has 0 bridgehead atoms. The summed E-state index contributed by atoms with van der Waals surface area (Å²) in [5, 5.41) is 4.24. The van der Waals surface area contributed by atoms with E-state index in [9.17, 15) is 0 Å². The minimum atomic E-state index is 0.438. The lowest BCUT2D eigenvalue weighted by Crippen LogP contribution is -2.26. The van der Waals surface area contributed by atoms with Gasteiger partial charge in [-0.25, -0.2) is 0 Å². The summed E-state index contributed by atoms with van der Waals surface area (Å²) >= 11 is 5.91. The van der Waals surface area contributed by atoms with Crippen LogP contribution >= 0.6 is 11.6 Å². The maximum atomic E-state index is 5.91. The largest absolute Gasteiger partial charge is 0.317 e. The smallest absolute Gasteiger partial charge is 0.0406 e. The third-order valence-corrected chi connectivity index (χ3v) is 3.56. The number of hydrogen-bond donors (Lipinski definition) is 1. The minimum absolute atomic E-state index is 0.438. The molecule has 1 aromatic carbocycles. The number of nitrogens with one attached hydrogen (secondary N) is 1. The summed E-state index contributed by atoms with van der Waals surface area (Å²) in [4.78, 5) is 2.39. The molecule has 3 heteroatoms. The highest BCUT2D eigenvalue weighted by atomic mass is 35.5. The zero-order valence-electron chi connectivity index (χ0n) is 11.7. The van der Waals surface area contributed by atoms with Crippen LogP contribution in [0.25, 0.3) is 0 Å². The van der Waals surface area contributed by atoms with Crippen LogP contribution in [0.2, 0.25) is 5.02 Å². The Hall–Kier alpha value is -0.570. The van der Waals surface area contributed by atoms with Gasteiger partial charge in [0.05, 0.1) is 0 Å². The third-order valence-electron chi connectivity index (χ3n) is 3.30. The first-order valence-corrected chi connectivity index (χ1v) is 7.19. The molecule has 1 unspecified atom stereocenters. The molecule has 0 aromatic heterocycles. The van der Waals surface area contributed by atoms with Gasteiger partial charge in [0.2, 0.25) is 0 Å². The van der Waals surface area contributed by atoms with Crippen LogP contribution in [0, 0.1) is 0 Å². The first kappa shape index (κ1) is 15.5. The Labute approximate surface area is 116 Å². The van der Waals surface area contributed by atoms with Crippen molar-refractivity contribution in [2.75, 3.05) is 26.7 Å². The lowest BCUT2D eigenvalue weighted by molar-refractivity contribution is 0.257. The fraction of sp³-hybridized carbons (Fsp3) is 0.600. The van der Waals surface area contributed by atoms with Crippen molar-refractivity contribution in [1.29, 1.82) is 0 Å². The number of nitrogens with zero attached hydrogens (tertiary/aromatic N) is 1. The fourth-order valence-electron chi connectivity index (χ4n) is 1.94. The minimum Gasteiger partial charge on any atom is -0.317 e. The average molecular weight is 269 g/mol. The molecule has 0 radical (unpaired) electrons. The van der Waals surface area contributed by atoms with Gasteiger partial charge in [-0.2, -0.15) is 0 Å². The second-order valence-corrected chi connectivity index (χ2v) is 5.25. The number of rotatable bonds is 8. The van der Waals surface area contributed by atoms with Crippen LogP contribution in [0.5, 0.6) is 0 Å². The SMILES string of the molecule is CCCNCCCN(C)C(C)c1ccc(Cl)cc1. The summed E-state index contributed by atoms with van der Waals surface area (Å²) in [5.74, 6) is 0. The van der Waals surface area contributed by atoms with Crippen molar-refractivity contribution in [1.82, 2.24) is 10.2 Å². The van der Waals surface area contributed by atoms with Crippen molar-refractivity contribution in [3.05, 3.63) is 34.9 Å². The Balaban J connectivity index is 2.32. The van der Waals surface area contributed by atoms with Crippen molar-refractivity contribution in [2.24, 2.45) is 0 Å². The molecule has 0 aliphatic carbocycles. The van der Waals surface area contributed by atoms with Crippen LogP contribution < -0.4 is 5.32 Å². The standard InChI is InChI=1S/C15H25ClN2/c1-4-10-17-11-5-12-18(3)13(2)14-6-8-15(16)9-7-14/h6-9,13,17H,4-5,10-12H2,1-3H3. The molecule has 0 saturated heterocycles. The molecule has 0 spiro atoms. The third kappa shape index (κ3) is 5.38. The van der Waals surface area contributed by atoms with Gasteiger partial charge >= 0.3 is 0 Å². The Bertz CT molecular complexity index is 324. The molecule has 0 saturated carbocycles. The summed E-state index contributed by atoms with van der Waals surface area (Å²) in [6.45, 7) is 7.77. The highest BCUT2D eigenvalue weighted by molar-refractivity contribution is 6.30. The molecule has 102 valence electrons. The molecule has 2 nitrogen and oxygen atoms in total. The van der Waals surface area contributed by atoms with E-state index < -0.39 is 0 Å².